The summed E-state index contributed by atoms with van der Waals surface area (Å²) in [6.07, 6.45) is 4.08. The fraction of sp³-hybridized carbons (Fsp3) is 0.0556. The van der Waals surface area contributed by atoms with Crippen LogP contribution in [0.4, 0.5) is 5.82 Å². The minimum absolute atomic E-state index is 0.410. The molecule has 0 aliphatic rings. The van der Waals surface area contributed by atoms with E-state index in [-0.39, 0.29) is 0 Å². The van der Waals surface area contributed by atoms with Gasteiger partial charge in [-0.2, -0.15) is 5.10 Å². The zero-order valence-corrected chi connectivity index (χ0v) is 12.7. The molecule has 0 radical (unpaired) electrons. The van der Waals surface area contributed by atoms with E-state index in [0.29, 0.717) is 35.0 Å². The van der Waals surface area contributed by atoms with Gasteiger partial charge >= 0.3 is 0 Å². The molecule has 0 unspecified atom stereocenters. The van der Waals surface area contributed by atoms with Crippen molar-refractivity contribution in [3.05, 3.63) is 72.1 Å². The van der Waals surface area contributed by atoms with E-state index in [9.17, 15) is 4.79 Å². The van der Waals surface area contributed by atoms with Crippen molar-refractivity contribution in [3.63, 3.8) is 0 Å². The maximum Gasteiger partial charge on any atom is 0.168 e. The van der Waals surface area contributed by atoms with Gasteiger partial charge in [-0.25, -0.2) is 9.50 Å². The molecule has 1 aromatic carbocycles. The quantitative estimate of drug-likeness (QED) is 0.571. The van der Waals surface area contributed by atoms with E-state index in [1.54, 1.807) is 29.1 Å². The van der Waals surface area contributed by atoms with Gasteiger partial charge in [-0.05, 0) is 23.8 Å². The number of hydrogen-bond acceptors (Lipinski definition) is 5. The van der Waals surface area contributed by atoms with Crippen LogP contribution in [0.5, 0.6) is 0 Å². The molecule has 1 N–H and O–H groups in total. The first kappa shape index (κ1) is 14.2. The number of aromatic nitrogens is 3. The van der Waals surface area contributed by atoms with Crippen LogP contribution in [0.2, 0.25) is 0 Å². The zero-order chi connectivity index (χ0) is 16.4. The average Bonchev–Trinajstić information content (AvgIpc) is 3.27. The lowest BCUT2D eigenvalue weighted by molar-refractivity contribution is 0.112. The number of nitrogens with one attached hydrogen (secondary N) is 1. The van der Waals surface area contributed by atoms with E-state index in [1.165, 1.54) is 0 Å². The fourth-order valence-electron chi connectivity index (χ4n) is 2.54. The van der Waals surface area contributed by atoms with Crippen molar-refractivity contribution in [2.45, 2.75) is 6.54 Å². The van der Waals surface area contributed by atoms with E-state index in [0.717, 1.165) is 11.8 Å². The summed E-state index contributed by atoms with van der Waals surface area (Å²) in [7, 11) is 0. The Morgan fingerprint density at radius 2 is 2.00 bits per heavy atom. The van der Waals surface area contributed by atoms with Crippen LogP contribution in [0.3, 0.4) is 0 Å². The molecule has 6 heteroatoms. The van der Waals surface area contributed by atoms with Crippen LogP contribution in [0.25, 0.3) is 17.1 Å². The molecule has 3 heterocycles. The molecule has 0 amide bonds. The van der Waals surface area contributed by atoms with Gasteiger partial charge < -0.3 is 9.73 Å². The number of aldehydes is 1. The number of carbonyl (C=O) groups excluding carboxylic acids is 1. The van der Waals surface area contributed by atoms with Gasteiger partial charge in [0.05, 0.1) is 11.8 Å². The summed E-state index contributed by atoms with van der Waals surface area (Å²) in [5.41, 5.74) is 2.55. The molecular weight excluding hydrogens is 304 g/mol. The second-order valence-electron chi connectivity index (χ2n) is 5.28. The van der Waals surface area contributed by atoms with E-state index >= 15 is 0 Å². The third-order valence-corrected chi connectivity index (χ3v) is 3.71. The molecule has 0 fully saturated rings. The van der Waals surface area contributed by atoms with E-state index in [4.69, 9.17) is 4.42 Å². The zero-order valence-electron chi connectivity index (χ0n) is 12.7. The summed E-state index contributed by atoms with van der Waals surface area (Å²) in [5.74, 6) is 1.22. The summed E-state index contributed by atoms with van der Waals surface area (Å²) < 4.78 is 6.93. The molecule has 4 aromatic rings. The first-order chi connectivity index (χ1) is 11.8. The molecule has 6 nitrogen and oxygen atoms in total. The molecule has 0 spiro atoms. The Kier molecular flexibility index (Phi) is 3.55. The second-order valence-corrected chi connectivity index (χ2v) is 5.28. The van der Waals surface area contributed by atoms with Crippen molar-refractivity contribution >= 4 is 17.8 Å². The number of hydrogen-bond donors (Lipinski definition) is 1. The molecule has 24 heavy (non-hydrogen) atoms. The molecule has 3 aromatic heterocycles. The molecule has 0 aliphatic heterocycles. The molecule has 0 aliphatic carbocycles. The van der Waals surface area contributed by atoms with Gasteiger partial charge in [-0.3, -0.25) is 4.79 Å². The maximum absolute atomic E-state index is 11.5. The highest BCUT2D eigenvalue weighted by atomic mass is 16.3. The third-order valence-electron chi connectivity index (χ3n) is 3.71. The number of nitrogens with zero attached hydrogens (tertiary/aromatic N) is 3. The molecule has 0 saturated carbocycles. The Hall–Kier alpha value is -3.41. The first-order valence-corrected chi connectivity index (χ1v) is 7.51. The fourth-order valence-corrected chi connectivity index (χ4v) is 2.54. The molecule has 4 rings (SSSR count). The predicted octanol–water partition coefficient (Wildman–Crippen LogP) is 3.41. The summed E-state index contributed by atoms with van der Waals surface area (Å²) in [5, 5.41) is 7.64. The first-order valence-electron chi connectivity index (χ1n) is 7.51. The highest BCUT2D eigenvalue weighted by Gasteiger charge is 2.17. The number of furan rings is 1. The van der Waals surface area contributed by atoms with Crippen molar-refractivity contribution in [2.24, 2.45) is 0 Å². The van der Waals surface area contributed by atoms with E-state index < -0.39 is 0 Å². The van der Waals surface area contributed by atoms with Crippen molar-refractivity contribution in [2.75, 3.05) is 5.32 Å². The SMILES string of the molecule is O=Cc1c(-c2ccco2)nn2ccc(NCc3ccccc3)nc12. The Morgan fingerprint density at radius 1 is 1.12 bits per heavy atom. The number of rotatable bonds is 5. The molecule has 0 bridgehead atoms. The third kappa shape index (κ3) is 2.54. The Bertz CT molecular complexity index is 975. The minimum atomic E-state index is 0.410. The highest BCUT2D eigenvalue weighted by Crippen LogP contribution is 2.25. The summed E-state index contributed by atoms with van der Waals surface area (Å²) in [6.45, 7) is 0.652. The van der Waals surface area contributed by atoms with Crippen molar-refractivity contribution in [1.29, 1.82) is 0 Å². The lowest BCUT2D eigenvalue weighted by Gasteiger charge is -2.05. The smallest absolute Gasteiger partial charge is 0.168 e. The topological polar surface area (TPSA) is 72.4 Å². The minimum Gasteiger partial charge on any atom is -0.463 e. The van der Waals surface area contributed by atoms with Crippen LogP contribution in [-0.2, 0) is 6.54 Å². The molecular formula is C18H14N4O2. The van der Waals surface area contributed by atoms with Crippen LogP contribution >= 0.6 is 0 Å². The monoisotopic (exact) mass is 318 g/mol. The van der Waals surface area contributed by atoms with Gasteiger partial charge in [-0.1, -0.05) is 30.3 Å². The summed E-state index contributed by atoms with van der Waals surface area (Å²) >= 11 is 0. The van der Waals surface area contributed by atoms with Crippen LogP contribution < -0.4 is 5.32 Å². The maximum atomic E-state index is 11.5. The summed E-state index contributed by atoms with van der Waals surface area (Å²) in [6, 6.07) is 15.4. The van der Waals surface area contributed by atoms with Crippen molar-refractivity contribution in [3.8, 4) is 11.5 Å². The van der Waals surface area contributed by atoms with Crippen LogP contribution in [-0.4, -0.2) is 20.9 Å². The predicted molar refractivity (Wildman–Crippen MR) is 89.8 cm³/mol. The molecule has 0 atom stereocenters. The van der Waals surface area contributed by atoms with Gasteiger partial charge in [0.25, 0.3) is 0 Å². The Balaban J connectivity index is 1.68. The van der Waals surface area contributed by atoms with Crippen LogP contribution in [0, 0.1) is 0 Å². The Morgan fingerprint density at radius 3 is 2.75 bits per heavy atom. The van der Waals surface area contributed by atoms with Crippen LogP contribution in [0.15, 0.2) is 65.4 Å². The van der Waals surface area contributed by atoms with Crippen LogP contribution in [0.1, 0.15) is 15.9 Å². The van der Waals surface area contributed by atoms with Gasteiger partial charge in [0, 0.05) is 12.7 Å². The number of anilines is 1. The highest BCUT2D eigenvalue weighted by molar-refractivity contribution is 5.92. The number of fused-ring (bicyclic) bond motifs is 1. The van der Waals surface area contributed by atoms with Gasteiger partial charge in [0.1, 0.15) is 11.5 Å². The van der Waals surface area contributed by atoms with Crippen molar-refractivity contribution < 1.29 is 9.21 Å². The number of benzene rings is 1. The summed E-state index contributed by atoms with van der Waals surface area (Å²) in [4.78, 5) is 16.0. The van der Waals surface area contributed by atoms with E-state index in [2.05, 4.69) is 15.4 Å². The van der Waals surface area contributed by atoms with Crippen molar-refractivity contribution in [1.82, 2.24) is 14.6 Å². The average molecular weight is 318 g/mol. The largest absolute Gasteiger partial charge is 0.463 e. The van der Waals surface area contributed by atoms with E-state index in [1.807, 2.05) is 36.4 Å². The lowest BCUT2D eigenvalue weighted by atomic mass is 10.2. The second kappa shape index (κ2) is 6.00. The molecule has 118 valence electrons. The molecule has 0 saturated heterocycles. The van der Waals surface area contributed by atoms with Gasteiger partial charge in [-0.15, -0.1) is 0 Å². The Labute approximate surface area is 137 Å². The van der Waals surface area contributed by atoms with Gasteiger partial charge in [0.2, 0.25) is 0 Å². The normalized spacial score (nSPS) is 10.8. The van der Waals surface area contributed by atoms with Gasteiger partial charge in [0.15, 0.2) is 17.7 Å². The lowest BCUT2D eigenvalue weighted by Crippen LogP contribution is -2.02. The standard InChI is InChI=1S/C18H14N4O2/c23-12-14-17(15-7-4-10-24-15)21-22-9-8-16(20-18(14)22)19-11-13-5-2-1-3-6-13/h1-10,12H,11H2,(H,19,20). The number of carbonyl (C=O) groups is 1.